The predicted molar refractivity (Wildman–Crippen MR) is 159 cm³/mol. The molecule has 2 aromatic carbocycles. The van der Waals surface area contributed by atoms with Crippen molar-refractivity contribution in [1.29, 1.82) is 0 Å². The Hall–Kier alpha value is -3.49. The molecule has 0 saturated carbocycles. The number of nitrogens with zero attached hydrogens (tertiary/aromatic N) is 2. The average molecular weight is 549 g/mol. The smallest absolute Gasteiger partial charge is 0.246 e. The Morgan fingerprint density at radius 3 is 2.28 bits per heavy atom. The number of nitrogens with two attached hydrogens (primary N) is 1. The molecule has 0 spiro atoms. The molecular weight excluding hydrogens is 508 g/mol. The van der Waals surface area contributed by atoms with E-state index in [1.54, 1.807) is 38.6 Å². The average Bonchev–Trinajstić information content (AvgIpc) is 3.41. The third-order valence-electron chi connectivity index (χ3n) is 6.79. The number of likely N-dealkylation sites (N-methyl/N-ethyl adjacent to an activating group) is 3. The highest BCUT2D eigenvalue weighted by atomic mass is 32.1. The van der Waals surface area contributed by atoms with Crippen LogP contribution in [0.25, 0.3) is 10.8 Å². The van der Waals surface area contributed by atoms with Gasteiger partial charge in [-0.25, -0.2) is 0 Å². The zero-order chi connectivity index (χ0) is 28.7. The highest BCUT2D eigenvalue weighted by Crippen LogP contribution is 2.21. The van der Waals surface area contributed by atoms with Crippen LogP contribution in [0.1, 0.15) is 37.6 Å². The molecule has 3 rings (SSSR count). The number of carbonyl (C=O) groups is 3. The maximum Gasteiger partial charge on any atom is 0.246 e. The van der Waals surface area contributed by atoms with Crippen LogP contribution in [0.3, 0.4) is 0 Å². The van der Waals surface area contributed by atoms with Gasteiger partial charge in [0.25, 0.3) is 0 Å². The second-order valence-electron chi connectivity index (χ2n) is 10.9. The summed E-state index contributed by atoms with van der Waals surface area (Å²) in [6.07, 6.45) is 2.81. The number of hydrogen-bond acceptors (Lipinski definition) is 5. The van der Waals surface area contributed by atoms with E-state index in [-0.39, 0.29) is 17.7 Å². The van der Waals surface area contributed by atoms with Gasteiger partial charge in [-0.3, -0.25) is 14.4 Å². The van der Waals surface area contributed by atoms with Gasteiger partial charge in [0.2, 0.25) is 17.7 Å². The van der Waals surface area contributed by atoms with Crippen molar-refractivity contribution in [1.82, 2.24) is 15.1 Å². The van der Waals surface area contributed by atoms with Crippen molar-refractivity contribution < 1.29 is 14.4 Å². The molecule has 1 aromatic heterocycles. The van der Waals surface area contributed by atoms with Gasteiger partial charge >= 0.3 is 0 Å². The third-order valence-corrected chi connectivity index (χ3v) is 7.68. The molecule has 3 aromatic rings. The lowest BCUT2D eigenvalue weighted by Crippen LogP contribution is -2.55. The van der Waals surface area contributed by atoms with Gasteiger partial charge in [-0.2, -0.15) is 0 Å². The zero-order valence-electron chi connectivity index (χ0n) is 23.7. The fraction of sp³-hybridized carbons (Fsp3) is 0.387. The number of rotatable bonds is 11. The van der Waals surface area contributed by atoms with E-state index >= 15 is 0 Å². The number of nitrogens with one attached hydrogen (secondary N) is 1. The second-order valence-corrected chi connectivity index (χ2v) is 11.9. The van der Waals surface area contributed by atoms with E-state index < -0.39 is 17.6 Å². The molecule has 208 valence electrons. The first kappa shape index (κ1) is 30.1. The van der Waals surface area contributed by atoms with Crippen molar-refractivity contribution in [2.24, 2.45) is 5.73 Å². The summed E-state index contributed by atoms with van der Waals surface area (Å²) in [4.78, 5) is 44.3. The lowest BCUT2D eigenvalue weighted by Gasteiger charge is -2.34. The number of hydrogen-bond donors (Lipinski definition) is 2. The Bertz CT molecular complexity index is 1330. The van der Waals surface area contributed by atoms with Gasteiger partial charge in [0.15, 0.2) is 0 Å². The van der Waals surface area contributed by atoms with Gasteiger partial charge in [-0.1, -0.05) is 54.1 Å². The van der Waals surface area contributed by atoms with Crippen LogP contribution in [-0.4, -0.2) is 66.3 Å². The summed E-state index contributed by atoms with van der Waals surface area (Å²) >= 11 is 1.54. The summed E-state index contributed by atoms with van der Waals surface area (Å²) in [5, 5.41) is 6.80. The van der Waals surface area contributed by atoms with Crippen LogP contribution in [0.5, 0.6) is 0 Å². The van der Waals surface area contributed by atoms with Crippen molar-refractivity contribution in [2.45, 2.75) is 57.7 Å². The van der Waals surface area contributed by atoms with Crippen LogP contribution < -0.4 is 11.1 Å². The Kier molecular flexibility index (Phi) is 10.1. The van der Waals surface area contributed by atoms with Crippen LogP contribution in [0.4, 0.5) is 0 Å². The molecule has 3 amide bonds. The van der Waals surface area contributed by atoms with Crippen LogP contribution in [0, 0.1) is 0 Å². The van der Waals surface area contributed by atoms with E-state index in [0.717, 1.165) is 26.8 Å². The van der Waals surface area contributed by atoms with E-state index in [0.29, 0.717) is 19.3 Å². The Balaban J connectivity index is 1.95. The number of carbonyl (C=O) groups excluding carboxylic acids is 3. The van der Waals surface area contributed by atoms with E-state index in [2.05, 4.69) is 5.32 Å². The first-order valence-corrected chi connectivity index (χ1v) is 14.0. The molecular formula is C31H40N4O3S. The zero-order valence-corrected chi connectivity index (χ0v) is 24.5. The fourth-order valence-electron chi connectivity index (χ4n) is 4.79. The molecule has 0 radical (unpaired) electrons. The van der Waals surface area contributed by atoms with Crippen molar-refractivity contribution in [2.75, 3.05) is 21.1 Å². The number of fused-ring (bicyclic) bond motifs is 1. The number of thiophene rings is 1. The molecule has 0 aliphatic heterocycles. The quantitative estimate of drug-likeness (QED) is 0.352. The predicted octanol–water partition coefficient (Wildman–Crippen LogP) is 4.16. The van der Waals surface area contributed by atoms with Gasteiger partial charge in [0, 0.05) is 50.5 Å². The lowest BCUT2D eigenvalue weighted by molar-refractivity contribution is -0.146. The van der Waals surface area contributed by atoms with Crippen molar-refractivity contribution in [3.63, 3.8) is 0 Å². The Morgan fingerprint density at radius 2 is 1.67 bits per heavy atom. The highest BCUT2D eigenvalue weighted by molar-refractivity contribution is 7.09. The van der Waals surface area contributed by atoms with E-state index in [4.69, 9.17) is 5.73 Å². The van der Waals surface area contributed by atoms with Gasteiger partial charge in [-0.15, -0.1) is 11.3 Å². The van der Waals surface area contributed by atoms with E-state index in [9.17, 15) is 14.4 Å². The maximum atomic E-state index is 14.1. The van der Waals surface area contributed by atoms with E-state index in [1.165, 1.54) is 9.80 Å². The number of amides is 3. The molecule has 7 nitrogen and oxygen atoms in total. The minimum Gasteiger partial charge on any atom is -0.357 e. The molecule has 3 N–H and O–H groups in total. The minimum absolute atomic E-state index is 0.251. The number of benzene rings is 2. The third kappa shape index (κ3) is 8.25. The van der Waals surface area contributed by atoms with Crippen molar-refractivity contribution >= 4 is 39.8 Å². The summed E-state index contributed by atoms with van der Waals surface area (Å²) in [5.41, 5.74) is 7.46. The first-order valence-electron chi connectivity index (χ1n) is 13.1. The molecule has 0 aliphatic carbocycles. The monoisotopic (exact) mass is 548 g/mol. The summed E-state index contributed by atoms with van der Waals surface area (Å²) in [6.45, 7) is 5.69. The fourth-order valence-corrected chi connectivity index (χ4v) is 5.54. The molecule has 1 heterocycles. The highest BCUT2D eigenvalue weighted by Gasteiger charge is 2.34. The van der Waals surface area contributed by atoms with Crippen LogP contribution >= 0.6 is 11.3 Å². The Morgan fingerprint density at radius 1 is 0.974 bits per heavy atom. The van der Waals surface area contributed by atoms with Gasteiger partial charge in [0.05, 0.1) is 0 Å². The summed E-state index contributed by atoms with van der Waals surface area (Å²) < 4.78 is 0. The van der Waals surface area contributed by atoms with Crippen LogP contribution in [0.2, 0.25) is 0 Å². The maximum absolute atomic E-state index is 14.1. The van der Waals surface area contributed by atoms with Crippen LogP contribution in [0.15, 0.2) is 71.6 Å². The van der Waals surface area contributed by atoms with E-state index in [1.807, 2.05) is 80.7 Å². The van der Waals surface area contributed by atoms with Crippen molar-refractivity contribution in [3.05, 3.63) is 82.1 Å². The molecule has 2 unspecified atom stereocenters. The minimum atomic E-state index is -0.811. The topological polar surface area (TPSA) is 95.7 Å². The van der Waals surface area contributed by atoms with Gasteiger partial charge in [-0.05, 0) is 55.0 Å². The molecule has 0 bridgehead atoms. The molecule has 2 atom stereocenters. The molecule has 8 heteroatoms. The molecule has 0 aliphatic rings. The second kappa shape index (κ2) is 13.0. The molecule has 0 saturated heterocycles. The standard InChI is InChI=1S/C31H40N4O3S/c1-21(20-31(2,3)32)16-28(36)34(5)27(18-22-13-14-23-10-7-8-11-24(23)17-22)30(38)35(6)26(29(37)33-4)19-25-12-9-15-39-25/h7-17,26-27H,18-20,32H2,1-6H3,(H,33,37)/b21-16+. The normalized spacial score (nSPS) is 13.6. The van der Waals surface area contributed by atoms with Gasteiger partial charge in [0.1, 0.15) is 12.1 Å². The van der Waals surface area contributed by atoms with Crippen LogP contribution in [-0.2, 0) is 27.2 Å². The first-order chi connectivity index (χ1) is 18.4. The lowest BCUT2D eigenvalue weighted by atomic mass is 9.96. The SMILES string of the molecule is CNC(=O)C(Cc1cccs1)N(C)C(=O)C(Cc1ccc2ccccc2c1)N(C)C(=O)/C=C(\C)CC(C)(C)N. The van der Waals surface area contributed by atoms with Crippen molar-refractivity contribution in [3.8, 4) is 0 Å². The van der Waals surface area contributed by atoms with Gasteiger partial charge < -0.3 is 20.9 Å². The summed E-state index contributed by atoms with van der Waals surface area (Å²) in [6, 6.07) is 16.4. The molecule has 0 fully saturated rings. The summed E-state index contributed by atoms with van der Waals surface area (Å²) in [5.74, 6) is -0.827. The summed E-state index contributed by atoms with van der Waals surface area (Å²) in [7, 11) is 4.85. The largest absolute Gasteiger partial charge is 0.357 e. The molecule has 39 heavy (non-hydrogen) atoms. The Labute approximate surface area is 235 Å².